The Kier molecular flexibility index (Phi) is 4.73. The first-order chi connectivity index (χ1) is 11.6. The van der Waals surface area contributed by atoms with Crippen molar-refractivity contribution in [2.45, 2.75) is 13.1 Å². The van der Waals surface area contributed by atoms with Gasteiger partial charge in [-0.15, -0.1) is 11.3 Å². The fraction of sp³-hybridized carbons (Fsp3) is 0.235. The van der Waals surface area contributed by atoms with E-state index in [9.17, 15) is 9.59 Å². The van der Waals surface area contributed by atoms with E-state index >= 15 is 0 Å². The van der Waals surface area contributed by atoms with E-state index in [-0.39, 0.29) is 5.56 Å². The number of hydrogen-bond acceptors (Lipinski definition) is 5. The Hall–Kier alpha value is -2.51. The van der Waals surface area contributed by atoms with Gasteiger partial charge in [-0.25, -0.2) is 9.78 Å². The van der Waals surface area contributed by atoms with E-state index in [4.69, 9.17) is 4.74 Å². The summed E-state index contributed by atoms with van der Waals surface area (Å²) in [7, 11) is 3.38. The molecule has 0 aliphatic heterocycles. The van der Waals surface area contributed by atoms with Gasteiger partial charge < -0.3 is 14.6 Å². The smallest absolute Gasteiger partial charge is 0.337 e. The van der Waals surface area contributed by atoms with Gasteiger partial charge in [0.2, 0.25) is 0 Å². The number of esters is 1. The highest BCUT2D eigenvalue weighted by Gasteiger charge is 2.12. The minimum absolute atomic E-state index is 0.199. The van der Waals surface area contributed by atoms with Gasteiger partial charge in [-0.05, 0) is 29.6 Å². The summed E-state index contributed by atoms with van der Waals surface area (Å²) in [5.74, 6) is 0.157. The largest absolute Gasteiger partial charge is 0.465 e. The van der Waals surface area contributed by atoms with Crippen molar-refractivity contribution in [3.8, 4) is 0 Å². The van der Waals surface area contributed by atoms with Gasteiger partial charge in [0.05, 0.1) is 35.5 Å². The second-order valence-electron chi connectivity index (χ2n) is 5.63. The second-order valence-corrected chi connectivity index (χ2v) is 6.66. The number of thiophene rings is 1. The zero-order valence-electron chi connectivity index (χ0n) is 13.5. The molecule has 0 aliphatic rings. The van der Waals surface area contributed by atoms with Crippen LogP contribution in [0.25, 0.3) is 10.9 Å². The van der Waals surface area contributed by atoms with Crippen LogP contribution in [-0.4, -0.2) is 30.1 Å². The molecular weight excluding hydrogens is 326 g/mol. The minimum Gasteiger partial charge on any atom is -0.465 e. The number of carbonyl (C=O) groups is 1. The number of methoxy groups -OCH3 is 1. The molecule has 0 aliphatic carbocycles. The van der Waals surface area contributed by atoms with Crippen LogP contribution in [0.5, 0.6) is 0 Å². The van der Waals surface area contributed by atoms with E-state index in [1.54, 1.807) is 29.5 Å². The fourth-order valence-electron chi connectivity index (χ4n) is 2.58. The summed E-state index contributed by atoms with van der Waals surface area (Å²) in [6.07, 6.45) is 0. The van der Waals surface area contributed by atoms with Gasteiger partial charge >= 0.3 is 5.97 Å². The molecule has 0 fully saturated rings. The number of rotatable bonds is 5. The Balaban J connectivity index is 1.88. The maximum atomic E-state index is 12.2. The molecule has 0 radical (unpaired) electrons. The van der Waals surface area contributed by atoms with Crippen molar-refractivity contribution in [2.24, 2.45) is 0 Å². The summed E-state index contributed by atoms with van der Waals surface area (Å²) < 4.78 is 4.71. The Labute approximate surface area is 142 Å². The first-order valence-corrected chi connectivity index (χ1v) is 8.39. The van der Waals surface area contributed by atoms with E-state index < -0.39 is 5.97 Å². The van der Waals surface area contributed by atoms with Gasteiger partial charge in [0, 0.05) is 0 Å². The summed E-state index contributed by atoms with van der Waals surface area (Å²) in [6.45, 7) is 1.45. The highest BCUT2D eigenvalue weighted by Crippen LogP contribution is 2.11. The van der Waals surface area contributed by atoms with Crippen LogP contribution in [0, 0.1) is 0 Å². The number of nitrogens with one attached hydrogen (secondary N) is 2. The Bertz CT molecular complexity index is 918. The quantitative estimate of drug-likeness (QED) is 0.677. The van der Waals surface area contributed by atoms with Gasteiger partial charge in [-0.3, -0.25) is 4.79 Å². The number of aromatic amines is 1. The molecule has 0 spiro atoms. The number of aromatic nitrogens is 2. The van der Waals surface area contributed by atoms with E-state index in [0.717, 1.165) is 6.54 Å². The van der Waals surface area contributed by atoms with Crippen molar-refractivity contribution in [3.05, 3.63) is 62.3 Å². The Morgan fingerprint density at radius 3 is 2.88 bits per heavy atom. The average molecular weight is 344 g/mol. The van der Waals surface area contributed by atoms with Gasteiger partial charge in [-0.2, -0.15) is 0 Å². The summed E-state index contributed by atoms with van der Waals surface area (Å²) in [5, 5.41) is 2.51. The molecule has 1 aromatic carbocycles. The Morgan fingerprint density at radius 1 is 1.33 bits per heavy atom. The first kappa shape index (κ1) is 16.4. The lowest BCUT2D eigenvalue weighted by Gasteiger charge is -2.12. The van der Waals surface area contributed by atoms with Crippen LogP contribution < -0.4 is 10.5 Å². The van der Waals surface area contributed by atoms with E-state index in [2.05, 4.69) is 23.1 Å². The Morgan fingerprint density at radius 2 is 2.17 bits per heavy atom. The zero-order chi connectivity index (χ0) is 17.1. The zero-order valence-corrected chi connectivity index (χ0v) is 14.3. The van der Waals surface area contributed by atoms with Crippen molar-refractivity contribution < 1.29 is 14.4 Å². The molecule has 24 heavy (non-hydrogen) atoms. The molecule has 6 nitrogen and oxygen atoms in total. The molecule has 1 atom stereocenters. The highest BCUT2D eigenvalue weighted by molar-refractivity contribution is 7.09. The first-order valence-electron chi connectivity index (χ1n) is 7.52. The highest BCUT2D eigenvalue weighted by atomic mass is 32.1. The van der Waals surface area contributed by atoms with Crippen molar-refractivity contribution in [1.29, 1.82) is 0 Å². The number of carbonyl (C=O) groups excluding carboxylic acids is 1. The summed E-state index contributed by atoms with van der Waals surface area (Å²) >= 11 is 1.71. The monoisotopic (exact) mass is 344 g/mol. The third kappa shape index (κ3) is 3.52. The lowest BCUT2D eigenvalue weighted by atomic mass is 10.1. The molecule has 3 rings (SSSR count). The topological polar surface area (TPSA) is 76.5 Å². The standard InChI is InChI=1S/C17H17N3O3S/c1-20(9-12-4-3-7-24-12)10-15-18-14-8-11(17(22)23-2)5-6-13(14)16(21)19-15/h3-8H,9-10H2,1-2H3,(H,18,19,21)/p+1. The fourth-order valence-corrected chi connectivity index (χ4v) is 3.39. The SMILES string of the molecule is COC(=O)c1ccc2c(=O)[nH]c(C[NH+](C)Cc3cccs3)nc2c1. The molecule has 0 amide bonds. The number of ether oxygens (including phenoxy) is 1. The average Bonchev–Trinajstić information content (AvgIpc) is 3.06. The van der Waals surface area contributed by atoms with Crippen LogP contribution >= 0.6 is 11.3 Å². The molecule has 2 heterocycles. The van der Waals surface area contributed by atoms with Crippen molar-refractivity contribution >= 4 is 28.2 Å². The molecule has 2 aromatic heterocycles. The van der Waals surface area contributed by atoms with Crippen LogP contribution in [0.2, 0.25) is 0 Å². The van der Waals surface area contributed by atoms with Crippen molar-refractivity contribution in [2.75, 3.05) is 14.2 Å². The third-order valence-electron chi connectivity index (χ3n) is 3.70. The van der Waals surface area contributed by atoms with Gasteiger partial charge in [0.1, 0.15) is 13.1 Å². The predicted molar refractivity (Wildman–Crippen MR) is 92.3 cm³/mol. The lowest BCUT2D eigenvalue weighted by Crippen LogP contribution is -3.06. The van der Waals surface area contributed by atoms with Gasteiger partial charge in [0.25, 0.3) is 5.56 Å². The molecule has 3 aromatic rings. The summed E-state index contributed by atoms with van der Waals surface area (Å²) in [6, 6.07) is 8.87. The number of fused-ring (bicyclic) bond motifs is 1. The number of nitrogens with zero attached hydrogens (tertiary/aromatic N) is 1. The lowest BCUT2D eigenvalue weighted by molar-refractivity contribution is -0.908. The molecule has 2 N–H and O–H groups in total. The number of quaternary nitrogens is 1. The van der Waals surface area contributed by atoms with Crippen molar-refractivity contribution in [3.63, 3.8) is 0 Å². The maximum absolute atomic E-state index is 12.2. The third-order valence-corrected chi connectivity index (χ3v) is 4.58. The minimum atomic E-state index is -0.444. The van der Waals surface area contributed by atoms with Gasteiger partial charge in [0.15, 0.2) is 5.82 Å². The molecule has 0 saturated carbocycles. The van der Waals surface area contributed by atoms with Crippen LogP contribution in [0.1, 0.15) is 21.1 Å². The van der Waals surface area contributed by atoms with E-state index in [0.29, 0.717) is 28.8 Å². The van der Waals surface area contributed by atoms with Gasteiger partial charge in [-0.1, -0.05) is 6.07 Å². The molecule has 0 saturated heterocycles. The van der Waals surface area contributed by atoms with Crippen LogP contribution in [0.4, 0.5) is 0 Å². The van der Waals surface area contributed by atoms with E-state index in [1.807, 2.05) is 11.4 Å². The molecule has 124 valence electrons. The van der Waals surface area contributed by atoms with E-state index in [1.165, 1.54) is 16.9 Å². The predicted octanol–water partition coefficient (Wildman–Crippen LogP) is 0.986. The maximum Gasteiger partial charge on any atom is 0.337 e. The van der Waals surface area contributed by atoms with Crippen molar-refractivity contribution in [1.82, 2.24) is 9.97 Å². The van der Waals surface area contributed by atoms with Crippen LogP contribution in [0.15, 0.2) is 40.5 Å². The molecular formula is C17H18N3O3S+. The molecule has 1 unspecified atom stereocenters. The second kappa shape index (κ2) is 6.94. The number of H-pyrrole nitrogens is 1. The summed E-state index contributed by atoms with van der Waals surface area (Å²) in [5.41, 5.74) is 0.684. The number of hydrogen-bond donors (Lipinski definition) is 2. The summed E-state index contributed by atoms with van der Waals surface area (Å²) in [4.78, 5) is 33.7. The van der Waals surface area contributed by atoms with Crippen LogP contribution in [-0.2, 0) is 17.8 Å². The molecule has 0 bridgehead atoms. The van der Waals surface area contributed by atoms with Crippen LogP contribution in [0.3, 0.4) is 0 Å². The normalized spacial score (nSPS) is 12.2. The molecule has 7 heteroatoms. The number of benzene rings is 1.